The fourth-order valence-electron chi connectivity index (χ4n) is 1.60. The van der Waals surface area contributed by atoms with Gasteiger partial charge < -0.3 is 10.2 Å². The van der Waals surface area contributed by atoms with E-state index < -0.39 is 4.92 Å². The molecule has 0 fully saturated rings. The summed E-state index contributed by atoms with van der Waals surface area (Å²) in [5.41, 5.74) is 0.968. The summed E-state index contributed by atoms with van der Waals surface area (Å²) in [4.78, 5) is 23.1. The van der Waals surface area contributed by atoms with Crippen molar-refractivity contribution in [1.29, 1.82) is 0 Å². The SMILES string of the molecule is CN(C)C(=O)CCCNCc1cccc([N+](=O)[O-])c1. The summed E-state index contributed by atoms with van der Waals surface area (Å²) in [6, 6.07) is 6.53. The fraction of sp³-hybridized carbons (Fsp3) is 0.462. The minimum Gasteiger partial charge on any atom is -0.349 e. The molecule has 6 nitrogen and oxygen atoms in total. The van der Waals surface area contributed by atoms with Crippen LogP contribution in [0.3, 0.4) is 0 Å². The summed E-state index contributed by atoms with van der Waals surface area (Å²) in [5, 5.41) is 13.8. The Morgan fingerprint density at radius 3 is 2.79 bits per heavy atom. The Hall–Kier alpha value is -1.95. The number of amides is 1. The van der Waals surface area contributed by atoms with Gasteiger partial charge in [0.1, 0.15) is 0 Å². The first-order valence-corrected chi connectivity index (χ1v) is 6.15. The second kappa shape index (κ2) is 7.48. The lowest BCUT2D eigenvalue weighted by molar-refractivity contribution is -0.384. The van der Waals surface area contributed by atoms with Crippen LogP contribution in [0.1, 0.15) is 18.4 Å². The Morgan fingerprint density at radius 1 is 1.42 bits per heavy atom. The van der Waals surface area contributed by atoms with Crippen LogP contribution in [0.25, 0.3) is 0 Å². The minimum absolute atomic E-state index is 0.0992. The highest BCUT2D eigenvalue weighted by molar-refractivity contribution is 5.75. The molecule has 0 atom stereocenters. The molecule has 1 aromatic carbocycles. The lowest BCUT2D eigenvalue weighted by Crippen LogP contribution is -2.23. The van der Waals surface area contributed by atoms with Crippen molar-refractivity contribution < 1.29 is 9.72 Å². The monoisotopic (exact) mass is 265 g/mol. The average Bonchev–Trinajstić information content (AvgIpc) is 2.38. The van der Waals surface area contributed by atoms with E-state index in [9.17, 15) is 14.9 Å². The molecule has 1 aromatic rings. The number of benzene rings is 1. The summed E-state index contributed by atoms with van der Waals surface area (Å²) in [7, 11) is 3.47. The van der Waals surface area contributed by atoms with Gasteiger partial charge >= 0.3 is 0 Å². The molecule has 1 rings (SSSR count). The van der Waals surface area contributed by atoms with Crippen LogP contribution >= 0.6 is 0 Å². The van der Waals surface area contributed by atoms with E-state index in [0.717, 1.165) is 12.0 Å². The van der Waals surface area contributed by atoms with E-state index in [1.54, 1.807) is 31.1 Å². The van der Waals surface area contributed by atoms with Crippen molar-refractivity contribution in [2.75, 3.05) is 20.6 Å². The first-order chi connectivity index (χ1) is 9.00. The average molecular weight is 265 g/mol. The summed E-state index contributed by atoms with van der Waals surface area (Å²) in [6.45, 7) is 1.28. The molecule has 19 heavy (non-hydrogen) atoms. The number of nitro groups is 1. The van der Waals surface area contributed by atoms with Gasteiger partial charge in [0.2, 0.25) is 5.91 Å². The number of nitrogens with one attached hydrogen (secondary N) is 1. The molecule has 1 N–H and O–H groups in total. The highest BCUT2D eigenvalue weighted by atomic mass is 16.6. The van der Waals surface area contributed by atoms with Crippen molar-refractivity contribution >= 4 is 11.6 Å². The van der Waals surface area contributed by atoms with E-state index in [4.69, 9.17) is 0 Å². The fourth-order valence-corrected chi connectivity index (χ4v) is 1.60. The smallest absolute Gasteiger partial charge is 0.269 e. The highest BCUT2D eigenvalue weighted by Gasteiger charge is 2.05. The molecule has 104 valence electrons. The van der Waals surface area contributed by atoms with Crippen molar-refractivity contribution in [2.45, 2.75) is 19.4 Å². The maximum atomic E-state index is 11.3. The maximum absolute atomic E-state index is 11.3. The molecule has 0 heterocycles. The van der Waals surface area contributed by atoms with E-state index in [1.807, 2.05) is 6.07 Å². The molecular weight excluding hydrogens is 246 g/mol. The van der Waals surface area contributed by atoms with Gasteiger partial charge in [-0.3, -0.25) is 14.9 Å². The van der Waals surface area contributed by atoms with Crippen LogP contribution < -0.4 is 5.32 Å². The van der Waals surface area contributed by atoms with Crippen molar-refractivity contribution in [1.82, 2.24) is 10.2 Å². The Labute approximate surface area is 112 Å². The molecule has 0 aromatic heterocycles. The third-order valence-electron chi connectivity index (χ3n) is 2.69. The van der Waals surface area contributed by atoms with E-state index in [0.29, 0.717) is 19.5 Å². The van der Waals surface area contributed by atoms with Crippen LogP contribution in [0.15, 0.2) is 24.3 Å². The topological polar surface area (TPSA) is 75.5 Å². The molecule has 0 aliphatic rings. The molecule has 0 unspecified atom stereocenters. The van der Waals surface area contributed by atoms with Gasteiger partial charge in [0.05, 0.1) is 4.92 Å². The Morgan fingerprint density at radius 2 is 2.16 bits per heavy atom. The van der Waals surface area contributed by atoms with Gasteiger partial charge in [0.15, 0.2) is 0 Å². The molecule has 0 aliphatic heterocycles. The predicted molar refractivity (Wildman–Crippen MR) is 72.7 cm³/mol. The van der Waals surface area contributed by atoms with Crippen LogP contribution in [0.2, 0.25) is 0 Å². The molecule has 0 spiro atoms. The first-order valence-electron chi connectivity index (χ1n) is 6.15. The standard InChI is InChI=1S/C13H19N3O3/c1-15(2)13(17)7-4-8-14-10-11-5-3-6-12(9-11)16(18)19/h3,5-6,9,14H,4,7-8,10H2,1-2H3. The van der Waals surface area contributed by atoms with E-state index in [1.165, 1.54) is 6.07 Å². The Balaban J connectivity index is 2.28. The van der Waals surface area contributed by atoms with Crippen LogP contribution in [-0.2, 0) is 11.3 Å². The lowest BCUT2D eigenvalue weighted by atomic mass is 10.2. The Kier molecular flexibility index (Phi) is 5.95. The molecule has 0 saturated heterocycles. The van der Waals surface area contributed by atoms with E-state index in [-0.39, 0.29) is 11.6 Å². The number of non-ortho nitro benzene ring substituents is 1. The zero-order chi connectivity index (χ0) is 14.3. The molecule has 0 bridgehead atoms. The van der Waals surface area contributed by atoms with Gasteiger partial charge in [-0.05, 0) is 18.5 Å². The minimum atomic E-state index is -0.404. The molecule has 0 saturated carbocycles. The summed E-state index contributed by atoms with van der Waals surface area (Å²) in [5.74, 6) is 0.108. The van der Waals surface area contributed by atoms with Gasteiger partial charge in [0.25, 0.3) is 5.69 Å². The number of hydrogen-bond donors (Lipinski definition) is 1. The normalized spacial score (nSPS) is 10.2. The third kappa shape index (κ3) is 5.48. The summed E-state index contributed by atoms with van der Waals surface area (Å²) in [6.07, 6.45) is 1.26. The van der Waals surface area contributed by atoms with Crippen LogP contribution in [0, 0.1) is 10.1 Å². The van der Waals surface area contributed by atoms with Crippen molar-refractivity contribution in [3.8, 4) is 0 Å². The van der Waals surface area contributed by atoms with Crippen LogP contribution in [0.4, 0.5) is 5.69 Å². The van der Waals surface area contributed by atoms with Crippen LogP contribution in [-0.4, -0.2) is 36.4 Å². The number of carbonyl (C=O) groups is 1. The zero-order valence-corrected chi connectivity index (χ0v) is 11.3. The summed E-state index contributed by atoms with van der Waals surface area (Å²) >= 11 is 0. The lowest BCUT2D eigenvalue weighted by Gasteiger charge is -2.10. The second-order valence-corrected chi connectivity index (χ2v) is 4.50. The van der Waals surface area contributed by atoms with Gasteiger partial charge in [-0.15, -0.1) is 0 Å². The molecule has 1 amide bonds. The number of rotatable bonds is 7. The number of hydrogen-bond acceptors (Lipinski definition) is 4. The number of nitro benzene ring substituents is 1. The van der Waals surface area contributed by atoms with E-state index in [2.05, 4.69) is 5.32 Å². The number of carbonyl (C=O) groups excluding carboxylic acids is 1. The third-order valence-corrected chi connectivity index (χ3v) is 2.69. The molecule has 0 aliphatic carbocycles. The highest BCUT2D eigenvalue weighted by Crippen LogP contribution is 2.12. The maximum Gasteiger partial charge on any atom is 0.269 e. The zero-order valence-electron chi connectivity index (χ0n) is 11.3. The van der Waals surface area contributed by atoms with Crippen LogP contribution in [0.5, 0.6) is 0 Å². The molecule has 0 radical (unpaired) electrons. The molecule has 6 heteroatoms. The van der Waals surface area contributed by atoms with Crippen molar-refractivity contribution in [3.05, 3.63) is 39.9 Å². The Bertz CT molecular complexity index is 447. The molecular formula is C13H19N3O3. The van der Waals surface area contributed by atoms with E-state index >= 15 is 0 Å². The van der Waals surface area contributed by atoms with Gasteiger partial charge in [0, 0.05) is 39.2 Å². The van der Waals surface area contributed by atoms with Gasteiger partial charge in [-0.1, -0.05) is 12.1 Å². The largest absolute Gasteiger partial charge is 0.349 e. The van der Waals surface area contributed by atoms with Gasteiger partial charge in [-0.2, -0.15) is 0 Å². The summed E-state index contributed by atoms with van der Waals surface area (Å²) < 4.78 is 0. The number of nitrogens with zero attached hydrogens (tertiary/aromatic N) is 2. The van der Waals surface area contributed by atoms with Crippen molar-refractivity contribution in [2.24, 2.45) is 0 Å². The van der Waals surface area contributed by atoms with Crippen molar-refractivity contribution in [3.63, 3.8) is 0 Å². The first kappa shape index (κ1) is 15.1. The predicted octanol–water partition coefficient (Wildman–Crippen LogP) is 1.55. The quantitative estimate of drug-likeness (QED) is 0.461. The van der Waals surface area contributed by atoms with Gasteiger partial charge in [-0.25, -0.2) is 0 Å². The second-order valence-electron chi connectivity index (χ2n) is 4.50.